The molecule has 3 aromatic rings. The van der Waals surface area contributed by atoms with Crippen LogP contribution in [-0.4, -0.2) is 19.7 Å². The lowest BCUT2D eigenvalue weighted by Crippen LogP contribution is -2.04. The summed E-state index contributed by atoms with van der Waals surface area (Å²) in [5.41, 5.74) is 2.73. The highest BCUT2D eigenvalue weighted by molar-refractivity contribution is 5.67. The molecule has 0 spiro atoms. The van der Waals surface area contributed by atoms with Gasteiger partial charge in [-0.25, -0.2) is 4.98 Å². The van der Waals surface area contributed by atoms with Crippen molar-refractivity contribution in [2.24, 2.45) is 0 Å². The second kappa shape index (κ2) is 6.00. The quantitative estimate of drug-likeness (QED) is 0.795. The molecule has 0 saturated heterocycles. The third-order valence-electron chi connectivity index (χ3n) is 3.03. The maximum atomic E-state index is 11.2. The third kappa shape index (κ3) is 3.54. The molecule has 3 rings (SSSR count). The first-order valence-electron chi connectivity index (χ1n) is 6.59. The average Bonchev–Trinajstić information content (AvgIpc) is 3.00. The Hall–Kier alpha value is -2.95. The van der Waals surface area contributed by atoms with Crippen molar-refractivity contribution in [2.75, 3.05) is 0 Å². The fraction of sp³-hybridized carbons (Fsp3) is 0.0625. The Balaban J connectivity index is 1.71. The van der Waals surface area contributed by atoms with Crippen LogP contribution in [0.15, 0.2) is 59.9 Å². The first kappa shape index (κ1) is 13.1. The molecule has 0 radical (unpaired) electrons. The minimum atomic E-state index is -0.153. The van der Waals surface area contributed by atoms with Gasteiger partial charge >= 0.3 is 0 Å². The van der Waals surface area contributed by atoms with Gasteiger partial charge in [0.1, 0.15) is 0 Å². The molecule has 5 heteroatoms. The largest absolute Gasteiger partial charge is 0.313 e. The molecule has 1 N–H and O–H groups in total. The molecule has 0 atom stereocenters. The van der Waals surface area contributed by atoms with Gasteiger partial charge in [-0.2, -0.15) is 5.10 Å². The van der Waals surface area contributed by atoms with E-state index >= 15 is 0 Å². The average molecular weight is 278 g/mol. The summed E-state index contributed by atoms with van der Waals surface area (Å²) in [4.78, 5) is 17.7. The van der Waals surface area contributed by atoms with E-state index in [1.807, 2.05) is 41.2 Å². The minimum absolute atomic E-state index is 0.153. The van der Waals surface area contributed by atoms with Crippen molar-refractivity contribution in [2.45, 2.75) is 6.54 Å². The van der Waals surface area contributed by atoms with Gasteiger partial charge in [-0.3, -0.25) is 9.48 Å². The lowest BCUT2D eigenvalue weighted by Gasteiger charge is -2.02. The molecule has 0 aliphatic carbocycles. The maximum absolute atomic E-state index is 11.2. The second-order valence-corrected chi connectivity index (χ2v) is 4.61. The van der Waals surface area contributed by atoms with E-state index in [-0.39, 0.29) is 5.56 Å². The summed E-state index contributed by atoms with van der Waals surface area (Å²) in [7, 11) is 0. The highest BCUT2D eigenvalue weighted by Gasteiger charge is 1.95. The number of aromatic nitrogens is 4. The molecule has 5 nitrogen and oxygen atoms in total. The van der Waals surface area contributed by atoms with Gasteiger partial charge in [0.05, 0.1) is 18.6 Å². The zero-order valence-electron chi connectivity index (χ0n) is 11.3. The zero-order valence-corrected chi connectivity index (χ0v) is 11.3. The van der Waals surface area contributed by atoms with Crippen molar-refractivity contribution in [1.29, 1.82) is 0 Å². The summed E-state index contributed by atoms with van der Waals surface area (Å²) in [5.74, 6) is 0. The first-order valence-corrected chi connectivity index (χ1v) is 6.59. The van der Waals surface area contributed by atoms with Crippen LogP contribution in [0.25, 0.3) is 12.2 Å². The van der Waals surface area contributed by atoms with Crippen LogP contribution in [0.2, 0.25) is 0 Å². The Labute approximate surface area is 121 Å². The topological polar surface area (TPSA) is 63.6 Å². The number of rotatable bonds is 4. The number of benzene rings is 1. The van der Waals surface area contributed by atoms with E-state index in [0.717, 1.165) is 12.1 Å². The standard InChI is InChI=1S/C16H14N4O/c21-16-10-15(17-12-18-16)7-6-13-2-4-14(5-3-13)11-20-9-1-8-19-20/h1-10,12H,11H2,(H,17,18,21)/b7-6+. The van der Waals surface area contributed by atoms with Gasteiger partial charge in [-0.1, -0.05) is 30.3 Å². The van der Waals surface area contributed by atoms with E-state index < -0.39 is 0 Å². The SMILES string of the molecule is O=c1cc(/C=C/c2ccc(Cn3cccn3)cc2)nc[nH]1. The summed E-state index contributed by atoms with van der Waals surface area (Å²) in [6, 6.07) is 11.6. The molecule has 104 valence electrons. The van der Waals surface area contributed by atoms with E-state index in [9.17, 15) is 4.79 Å². The first-order chi connectivity index (χ1) is 10.3. The molecule has 0 aliphatic heterocycles. The van der Waals surface area contributed by atoms with Gasteiger partial charge in [0, 0.05) is 18.5 Å². The number of nitrogens with one attached hydrogen (secondary N) is 1. The van der Waals surface area contributed by atoms with Crippen LogP contribution in [0, 0.1) is 0 Å². The summed E-state index contributed by atoms with van der Waals surface area (Å²) in [5, 5.41) is 4.18. The molecule has 0 fully saturated rings. The van der Waals surface area contributed by atoms with Crippen molar-refractivity contribution < 1.29 is 0 Å². The van der Waals surface area contributed by atoms with Gasteiger partial charge in [0.25, 0.3) is 5.56 Å². The molecule has 21 heavy (non-hydrogen) atoms. The van der Waals surface area contributed by atoms with Crippen molar-refractivity contribution in [3.8, 4) is 0 Å². The van der Waals surface area contributed by atoms with Crippen molar-refractivity contribution in [3.63, 3.8) is 0 Å². The van der Waals surface area contributed by atoms with Crippen LogP contribution in [-0.2, 0) is 6.54 Å². The molecular formula is C16H14N4O. The zero-order chi connectivity index (χ0) is 14.5. The number of hydrogen-bond acceptors (Lipinski definition) is 3. The number of hydrogen-bond donors (Lipinski definition) is 1. The fourth-order valence-electron chi connectivity index (χ4n) is 1.97. The third-order valence-corrected chi connectivity index (χ3v) is 3.03. The molecule has 0 unspecified atom stereocenters. The van der Waals surface area contributed by atoms with Crippen LogP contribution in [0.4, 0.5) is 0 Å². The predicted molar refractivity (Wildman–Crippen MR) is 81.6 cm³/mol. The molecule has 2 aromatic heterocycles. The summed E-state index contributed by atoms with van der Waals surface area (Å²) >= 11 is 0. The predicted octanol–water partition coefficient (Wildman–Crippen LogP) is 2.19. The van der Waals surface area contributed by atoms with Crippen LogP contribution in [0.3, 0.4) is 0 Å². The fourth-order valence-corrected chi connectivity index (χ4v) is 1.97. The van der Waals surface area contributed by atoms with Gasteiger partial charge in [-0.05, 0) is 23.3 Å². The maximum Gasteiger partial charge on any atom is 0.251 e. The molecule has 2 heterocycles. The lowest BCUT2D eigenvalue weighted by atomic mass is 10.1. The highest BCUT2D eigenvalue weighted by atomic mass is 16.1. The second-order valence-electron chi connectivity index (χ2n) is 4.61. The van der Waals surface area contributed by atoms with E-state index in [0.29, 0.717) is 5.69 Å². The monoisotopic (exact) mass is 278 g/mol. The van der Waals surface area contributed by atoms with Crippen LogP contribution in [0.5, 0.6) is 0 Å². The normalized spacial score (nSPS) is 11.0. The summed E-state index contributed by atoms with van der Waals surface area (Å²) < 4.78 is 1.88. The van der Waals surface area contributed by atoms with Gasteiger partial charge < -0.3 is 4.98 Å². The van der Waals surface area contributed by atoms with Crippen molar-refractivity contribution in [3.05, 3.63) is 82.3 Å². The molecule has 0 bridgehead atoms. The van der Waals surface area contributed by atoms with Crippen LogP contribution < -0.4 is 5.56 Å². The Bertz CT molecular complexity index is 786. The van der Waals surface area contributed by atoms with Gasteiger partial charge in [-0.15, -0.1) is 0 Å². The minimum Gasteiger partial charge on any atom is -0.313 e. The van der Waals surface area contributed by atoms with E-state index in [4.69, 9.17) is 0 Å². The van der Waals surface area contributed by atoms with E-state index in [1.54, 1.807) is 6.20 Å². The smallest absolute Gasteiger partial charge is 0.251 e. The lowest BCUT2D eigenvalue weighted by molar-refractivity contribution is 0.687. The van der Waals surface area contributed by atoms with Gasteiger partial charge in [0.15, 0.2) is 0 Å². The van der Waals surface area contributed by atoms with Crippen molar-refractivity contribution >= 4 is 12.2 Å². The number of H-pyrrole nitrogens is 1. The molecule has 1 aromatic carbocycles. The summed E-state index contributed by atoms with van der Waals surface area (Å²) in [6.45, 7) is 0.757. The Morgan fingerprint density at radius 2 is 2.05 bits per heavy atom. The Morgan fingerprint density at radius 1 is 1.19 bits per heavy atom. The molecule has 0 aliphatic rings. The molecule has 0 amide bonds. The number of aromatic amines is 1. The van der Waals surface area contributed by atoms with Crippen LogP contribution >= 0.6 is 0 Å². The molecule has 0 saturated carbocycles. The van der Waals surface area contributed by atoms with Crippen molar-refractivity contribution in [1.82, 2.24) is 19.7 Å². The van der Waals surface area contributed by atoms with Crippen LogP contribution in [0.1, 0.15) is 16.8 Å². The summed E-state index contributed by atoms with van der Waals surface area (Å²) in [6.07, 6.45) is 8.85. The Morgan fingerprint density at radius 3 is 2.76 bits per heavy atom. The number of nitrogens with zero attached hydrogens (tertiary/aromatic N) is 3. The van der Waals surface area contributed by atoms with Gasteiger partial charge in [0.2, 0.25) is 0 Å². The Kier molecular flexibility index (Phi) is 3.73. The van der Waals surface area contributed by atoms with E-state index in [1.165, 1.54) is 18.0 Å². The highest BCUT2D eigenvalue weighted by Crippen LogP contribution is 2.09. The van der Waals surface area contributed by atoms with E-state index in [2.05, 4.69) is 27.2 Å². The molecular weight excluding hydrogens is 264 g/mol.